The highest BCUT2D eigenvalue weighted by molar-refractivity contribution is 5.97. The van der Waals surface area contributed by atoms with Gasteiger partial charge in [-0.15, -0.1) is 0 Å². The minimum absolute atomic E-state index is 0.190. The van der Waals surface area contributed by atoms with Crippen molar-refractivity contribution in [3.05, 3.63) is 29.8 Å². The van der Waals surface area contributed by atoms with Gasteiger partial charge < -0.3 is 4.74 Å². The molecule has 2 rings (SSSR count). The first kappa shape index (κ1) is 10.2. The first-order chi connectivity index (χ1) is 7.29. The van der Waals surface area contributed by atoms with Crippen LogP contribution in [0, 0.1) is 0 Å². The normalized spacial score (nSPS) is 15.0. The minimum atomic E-state index is 0.190. The van der Waals surface area contributed by atoms with Crippen LogP contribution in [0.3, 0.4) is 0 Å². The van der Waals surface area contributed by atoms with Crippen LogP contribution in [0.5, 0.6) is 5.75 Å². The molecule has 1 aromatic rings. The SMILES string of the molecule is CCOc1ccc(C(=O)CN2CC2)cc1. The molecule has 1 aromatic carbocycles. The Labute approximate surface area is 89.7 Å². The molecule has 0 unspecified atom stereocenters. The van der Waals surface area contributed by atoms with Crippen LogP contribution in [0.25, 0.3) is 0 Å². The Balaban J connectivity index is 1.98. The predicted molar refractivity (Wildman–Crippen MR) is 58.4 cm³/mol. The monoisotopic (exact) mass is 205 g/mol. The Morgan fingerprint density at radius 3 is 2.53 bits per heavy atom. The molecule has 1 aliphatic rings. The van der Waals surface area contributed by atoms with Gasteiger partial charge >= 0.3 is 0 Å². The maximum atomic E-state index is 11.7. The topological polar surface area (TPSA) is 29.3 Å². The number of ether oxygens (including phenoxy) is 1. The molecule has 1 heterocycles. The molecule has 0 saturated carbocycles. The van der Waals surface area contributed by atoms with Gasteiger partial charge in [0.1, 0.15) is 5.75 Å². The average Bonchev–Trinajstić information content (AvgIpc) is 3.03. The third kappa shape index (κ3) is 2.80. The van der Waals surface area contributed by atoms with Crippen LogP contribution in [-0.4, -0.2) is 36.9 Å². The lowest BCUT2D eigenvalue weighted by Gasteiger charge is -2.04. The predicted octanol–water partition coefficient (Wildman–Crippen LogP) is 1.58. The van der Waals surface area contributed by atoms with Crippen LogP contribution in [0.2, 0.25) is 0 Å². The number of carbonyl (C=O) groups is 1. The number of hydrogen-bond donors (Lipinski definition) is 0. The Kier molecular flexibility index (Phi) is 3.02. The number of hydrogen-bond acceptors (Lipinski definition) is 3. The van der Waals surface area contributed by atoms with Gasteiger partial charge in [0.2, 0.25) is 0 Å². The van der Waals surface area contributed by atoms with Crippen molar-refractivity contribution in [2.75, 3.05) is 26.2 Å². The van der Waals surface area contributed by atoms with E-state index in [4.69, 9.17) is 4.74 Å². The van der Waals surface area contributed by atoms with Crippen molar-refractivity contribution in [3.8, 4) is 5.75 Å². The van der Waals surface area contributed by atoms with Gasteiger partial charge in [-0.25, -0.2) is 0 Å². The maximum absolute atomic E-state index is 11.7. The molecule has 0 atom stereocenters. The second-order valence-corrected chi connectivity index (χ2v) is 3.66. The summed E-state index contributed by atoms with van der Waals surface area (Å²) in [7, 11) is 0. The van der Waals surface area contributed by atoms with E-state index in [9.17, 15) is 4.79 Å². The van der Waals surface area contributed by atoms with Gasteiger partial charge in [-0.2, -0.15) is 0 Å². The van der Waals surface area contributed by atoms with Gasteiger partial charge in [0.25, 0.3) is 0 Å². The largest absolute Gasteiger partial charge is 0.494 e. The quantitative estimate of drug-likeness (QED) is 0.540. The van der Waals surface area contributed by atoms with Crippen LogP contribution < -0.4 is 4.74 Å². The third-order valence-corrected chi connectivity index (χ3v) is 2.39. The van der Waals surface area contributed by atoms with E-state index in [1.807, 2.05) is 31.2 Å². The minimum Gasteiger partial charge on any atom is -0.494 e. The van der Waals surface area contributed by atoms with Crippen molar-refractivity contribution in [2.45, 2.75) is 6.92 Å². The van der Waals surface area contributed by atoms with Gasteiger partial charge in [-0.1, -0.05) is 0 Å². The lowest BCUT2D eigenvalue weighted by molar-refractivity contribution is 0.0974. The van der Waals surface area contributed by atoms with Gasteiger partial charge in [-0.3, -0.25) is 9.69 Å². The summed E-state index contributed by atoms with van der Waals surface area (Å²) in [4.78, 5) is 13.8. The number of Topliss-reactive ketones (excluding diaryl/α,β-unsaturated/α-hetero) is 1. The van der Waals surface area contributed by atoms with Crippen molar-refractivity contribution in [3.63, 3.8) is 0 Å². The Morgan fingerprint density at radius 1 is 1.33 bits per heavy atom. The van der Waals surface area contributed by atoms with Crippen molar-refractivity contribution in [2.24, 2.45) is 0 Å². The summed E-state index contributed by atoms with van der Waals surface area (Å²) in [5.41, 5.74) is 0.769. The Hall–Kier alpha value is -1.35. The number of ketones is 1. The zero-order chi connectivity index (χ0) is 10.7. The van der Waals surface area contributed by atoms with Crippen LogP contribution in [0.15, 0.2) is 24.3 Å². The van der Waals surface area contributed by atoms with Crippen LogP contribution in [0.1, 0.15) is 17.3 Å². The van der Waals surface area contributed by atoms with E-state index in [2.05, 4.69) is 4.90 Å². The molecule has 1 fully saturated rings. The van der Waals surface area contributed by atoms with E-state index in [0.29, 0.717) is 13.2 Å². The molecule has 80 valence electrons. The van der Waals surface area contributed by atoms with Gasteiger partial charge in [-0.05, 0) is 31.2 Å². The highest BCUT2D eigenvalue weighted by Crippen LogP contribution is 2.14. The smallest absolute Gasteiger partial charge is 0.176 e. The number of carbonyl (C=O) groups excluding carboxylic acids is 1. The van der Waals surface area contributed by atoms with Crippen LogP contribution in [-0.2, 0) is 0 Å². The lowest BCUT2D eigenvalue weighted by atomic mass is 10.1. The molecule has 0 amide bonds. The molecule has 15 heavy (non-hydrogen) atoms. The summed E-state index contributed by atoms with van der Waals surface area (Å²) in [6.07, 6.45) is 0. The van der Waals surface area contributed by atoms with E-state index in [-0.39, 0.29) is 5.78 Å². The molecule has 3 heteroatoms. The van der Waals surface area contributed by atoms with Crippen LogP contribution in [0.4, 0.5) is 0 Å². The molecule has 0 N–H and O–H groups in total. The molecule has 3 nitrogen and oxygen atoms in total. The standard InChI is InChI=1S/C12H15NO2/c1-2-15-11-5-3-10(4-6-11)12(14)9-13-7-8-13/h3-6H,2,7-9H2,1H3. The fourth-order valence-corrected chi connectivity index (χ4v) is 1.43. The summed E-state index contributed by atoms with van der Waals surface area (Å²) in [6, 6.07) is 7.35. The summed E-state index contributed by atoms with van der Waals surface area (Å²) in [5, 5.41) is 0. The number of benzene rings is 1. The molecule has 0 aromatic heterocycles. The van der Waals surface area contributed by atoms with Crippen molar-refractivity contribution in [1.29, 1.82) is 0 Å². The highest BCUT2D eigenvalue weighted by Gasteiger charge is 2.20. The summed E-state index contributed by atoms with van der Waals surface area (Å²) in [5.74, 6) is 1.01. The molecule has 0 radical (unpaired) electrons. The molecular formula is C12H15NO2. The number of rotatable bonds is 5. The van der Waals surface area contributed by atoms with E-state index in [1.54, 1.807) is 0 Å². The average molecular weight is 205 g/mol. The Bertz CT molecular complexity index is 341. The summed E-state index contributed by atoms with van der Waals surface area (Å²) < 4.78 is 5.31. The highest BCUT2D eigenvalue weighted by atomic mass is 16.5. The second-order valence-electron chi connectivity index (χ2n) is 3.66. The van der Waals surface area contributed by atoms with Crippen molar-refractivity contribution < 1.29 is 9.53 Å². The molecule has 0 aliphatic carbocycles. The maximum Gasteiger partial charge on any atom is 0.176 e. The van der Waals surface area contributed by atoms with Gasteiger partial charge in [0, 0.05) is 18.7 Å². The van der Waals surface area contributed by atoms with Gasteiger partial charge in [0.05, 0.1) is 13.2 Å². The van der Waals surface area contributed by atoms with Crippen LogP contribution >= 0.6 is 0 Å². The molecular weight excluding hydrogens is 190 g/mol. The molecule has 0 bridgehead atoms. The lowest BCUT2D eigenvalue weighted by Crippen LogP contribution is -2.12. The molecule has 0 spiro atoms. The zero-order valence-electron chi connectivity index (χ0n) is 8.90. The summed E-state index contributed by atoms with van der Waals surface area (Å²) >= 11 is 0. The zero-order valence-corrected chi connectivity index (χ0v) is 8.90. The summed E-state index contributed by atoms with van der Waals surface area (Å²) in [6.45, 7) is 5.26. The van der Waals surface area contributed by atoms with E-state index in [0.717, 1.165) is 24.4 Å². The third-order valence-electron chi connectivity index (χ3n) is 2.39. The van der Waals surface area contributed by atoms with E-state index >= 15 is 0 Å². The Morgan fingerprint density at radius 2 is 2.00 bits per heavy atom. The first-order valence-electron chi connectivity index (χ1n) is 5.28. The second kappa shape index (κ2) is 4.45. The fourth-order valence-electron chi connectivity index (χ4n) is 1.43. The van der Waals surface area contributed by atoms with E-state index in [1.165, 1.54) is 0 Å². The molecule has 1 saturated heterocycles. The van der Waals surface area contributed by atoms with Gasteiger partial charge in [0.15, 0.2) is 5.78 Å². The molecule has 1 aliphatic heterocycles. The van der Waals surface area contributed by atoms with Crippen molar-refractivity contribution >= 4 is 5.78 Å². The first-order valence-corrected chi connectivity index (χ1v) is 5.28. The van der Waals surface area contributed by atoms with Crippen molar-refractivity contribution in [1.82, 2.24) is 4.90 Å². The fraction of sp³-hybridized carbons (Fsp3) is 0.417. The van der Waals surface area contributed by atoms with E-state index < -0.39 is 0 Å². The number of nitrogens with zero attached hydrogens (tertiary/aromatic N) is 1.